The van der Waals surface area contributed by atoms with Crippen LogP contribution in [0.2, 0.25) is 0 Å². The summed E-state index contributed by atoms with van der Waals surface area (Å²) in [5, 5.41) is 65.0. The fourth-order valence-corrected chi connectivity index (χ4v) is 22.3. The molecule has 0 bridgehead atoms. The molecule has 14 nitrogen and oxygen atoms in total. The van der Waals surface area contributed by atoms with E-state index < -0.39 is 100 Å². The van der Waals surface area contributed by atoms with Gasteiger partial charge in [0.25, 0.3) is 0 Å². The average molecular weight is 1250 g/mol. The molecule has 452 valence electrons. The molecule has 0 radical (unpaired) electrons. The number of esters is 1. The van der Waals surface area contributed by atoms with Crippen molar-refractivity contribution in [3.63, 3.8) is 0 Å². The third-order valence-corrected chi connectivity index (χ3v) is 30.2. The molecule has 3 aromatic rings. The summed E-state index contributed by atoms with van der Waals surface area (Å²) in [5.41, 5.74) is -4.50. The smallest absolute Gasteiger partial charge is 0.388 e. The normalized spacial score (nSPS) is 37.0. The van der Waals surface area contributed by atoms with E-state index in [-0.39, 0.29) is 37.3 Å². The first-order valence-electron chi connectivity index (χ1n) is 29.9. The number of hydrogen-bond acceptors (Lipinski definition) is 14. The fraction of sp³-hybridized carbons (Fsp3) is 0.703. The molecule has 3 aliphatic heterocycles. The number of benzene rings is 3. The first-order valence-corrected chi connectivity index (χ1v) is 35.1. The van der Waals surface area contributed by atoms with Gasteiger partial charge >= 0.3 is 233 Å². The van der Waals surface area contributed by atoms with Crippen LogP contribution in [0, 0.1) is 17.8 Å². The van der Waals surface area contributed by atoms with E-state index >= 15 is 0 Å². The van der Waals surface area contributed by atoms with Gasteiger partial charge in [-0.25, -0.2) is 0 Å². The number of ether oxygens (including phenoxy) is 6. The van der Waals surface area contributed by atoms with Crippen molar-refractivity contribution in [2.24, 2.45) is 17.8 Å². The van der Waals surface area contributed by atoms with E-state index in [4.69, 9.17) is 28.4 Å². The van der Waals surface area contributed by atoms with Gasteiger partial charge in [0.1, 0.15) is 23.9 Å². The second-order valence-electron chi connectivity index (χ2n) is 25.1. The van der Waals surface area contributed by atoms with E-state index in [1.165, 1.54) is 23.0 Å². The summed E-state index contributed by atoms with van der Waals surface area (Å²) in [5.74, 6) is -2.67. The molecular formula is C64H102IN2O12P. The fourth-order valence-electron chi connectivity index (χ4n) is 13.6. The number of aliphatic hydroxyl groups is 5. The number of methoxy groups -OCH3 is 1. The number of likely N-dealkylation sites (N-methyl/N-ethyl adjacent to an activating group) is 1. The molecule has 0 spiro atoms. The van der Waals surface area contributed by atoms with Crippen molar-refractivity contribution in [3.05, 3.63) is 91.0 Å². The summed E-state index contributed by atoms with van der Waals surface area (Å²) in [4.78, 5) is 18.9. The summed E-state index contributed by atoms with van der Waals surface area (Å²) < 4.78 is 35.7. The van der Waals surface area contributed by atoms with E-state index in [1.54, 1.807) is 34.6 Å². The van der Waals surface area contributed by atoms with Crippen LogP contribution in [0.3, 0.4) is 0 Å². The Balaban J connectivity index is 1.22. The Morgan fingerprint density at radius 2 is 1.26 bits per heavy atom. The molecular weight excluding hydrogens is 1150 g/mol. The van der Waals surface area contributed by atoms with E-state index in [0.717, 1.165) is 51.1 Å². The molecule has 18 atom stereocenters. The van der Waals surface area contributed by atoms with Gasteiger partial charge in [0.2, 0.25) is 0 Å². The predicted octanol–water partition coefficient (Wildman–Crippen LogP) is 8.88. The first-order chi connectivity index (χ1) is 37.7. The van der Waals surface area contributed by atoms with Crippen LogP contribution in [0.4, 0.5) is 0 Å². The molecule has 3 aliphatic rings. The molecule has 3 aromatic carbocycles. The van der Waals surface area contributed by atoms with Gasteiger partial charge in [-0.15, -0.1) is 0 Å². The van der Waals surface area contributed by atoms with Crippen molar-refractivity contribution >= 4 is 48.2 Å². The Morgan fingerprint density at radius 1 is 0.738 bits per heavy atom. The molecule has 16 heteroatoms. The van der Waals surface area contributed by atoms with Crippen molar-refractivity contribution in [2.75, 3.05) is 40.5 Å². The molecule has 0 amide bonds. The summed E-state index contributed by atoms with van der Waals surface area (Å²) in [7, 11) is 5.34. The molecule has 0 aliphatic carbocycles. The van der Waals surface area contributed by atoms with Gasteiger partial charge in [0, 0.05) is 25.5 Å². The van der Waals surface area contributed by atoms with Crippen LogP contribution in [0.5, 0.6) is 0 Å². The van der Waals surface area contributed by atoms with E-state index in [2.05, 4.69) is 125 Å². The minimum Gasteiger partial charge on any atom is -0.388 e. The minimum absolute atomic E-state index is 0.123. The second kappa shape index (κ2) is 28.8. The molecule has 0 aromatic heterocycles. The molecule has 80 heavy (non-hydrogen) atoms. The van der Waals surface area contributed by atoms with Crippen molar-refractivity contribution in [1.82, 2.24) is 9.80 Å². The number of aliphatic hydroxyl groups excluding tert-OH is 3. The van der Waals surface area contributed by atoms with Gasteiger partial charge in [-0.3, -0.25) is 4.79 Å². The van der Waals surface area contributed by atoms with Crippen LogP contribution in [0.15, 0.2) is 91.0 Å². The van der Waals surface area contributed by atoms with E-state index in [9.17, 15) is 30.3 Å². The third kappa shape index (κ3) is 15.2. The van der Waals surface area contributed by atoms with Gasteiger partial charge in [-0.2, -0.15) is 0 Å². The molecule has 5 N–H and O–H groups in total. The van der Waals surface area contributed by atoms with E-state index in [1.807, 2.05) is 46.7 Å². The van der Waals surface area contributed by atoms with Crippen LogP contribution in [0.1, 0.15) is 140 Å². The number of carbonyl (C=O) groups is 1. The number of cyclic esters (lactones) is 1. The Hall–Kier alpha value is -2.19. The van der Waals surface area contributed by atoms with Crippen molar-refractivity contribution in [3.8, 4) is 0 Å². The van der Waals surface area contributed by atoms with E-state index in [0.29, 0.717) is 19.5 Å². The molecule has 6 rings (SSSR count). The second-order valence-corrected chi connectivity index (χ2v) is 35.9. The van der Waals surface area contributed by atoms with Crippen LogP contribution in [-0.4, -0.2) is 172 Å². The number of rotatable bonds is 20. The van der Waals surface area contributed by atoms with Gasteiger partial charge in [0.05, 0.1) is 41.5 Å². The van der Waals surface area contributed by atoms with Gasteiger partial charge < -0.3 is 58.9 Å². The quantitative estimate of drug-likeness (QED) is 0.0313. The maximum absolute atomic E-state index is 14.7. The maximum atomic E-state index is 14.7. The monoisotopic (exact) mass is 1250 g/mol. The molecule has 3 fully saturated rings. The predicted molar refractivity (Wildman–Crippen MR) is 329 cm³/mol. The number of hydrogen-bond donors (Lipinski definition) is 5. The Bertz CT molecular complexity index is 2240. The Morgan fingerprint density at radius 3 is 1.77 bits per heavy atom. The van der Waals surface area contributed by atoms with Crippen LogP contribution in [0.25, 0.3) is 0 Å². The zero-order chi connectivity index (χ0) is 58.8. The van der Waals surface area contributed by atoms with Gasteiger partial charge in [-0.1, -0.05) is 20.8 Å². The minimum atomic E-state index is -2.83. The van der Waals surface area contributed by atoms with Crippen molar-refractivity contribution in [2.45, 2.75) is 230 Å². The Kier molecular flexibility index (Phi) is 24.1. The number of carbonyl (C=O) groups excluding carboxylic acids is 1. The van der Waals surface area contributed by atoms with Crippen molar-refractivity contribution in [1.29, 1.82) is 0 Å². The molecule has 0 saturated carbocycles. The van der Waals surface area contributed by atoms with Crippen LogP contribution in [-0.2, 0) is 33.2 Å². The third-order valence-electron chi connectivity index (χ3n) is 18.4. The summed E-state index contributed by atoms with van der Waals surface area (Å²) >= 11 is 2.88. The zero-order valence-electron chi connectivity index (χ0n) is 50.5. The Labute approximate surface area is 493 Å². The number of unbranched alkanes of at least 4 members (excludes halogenated alkanes) is 6. The van der Waals surface area contributed by atoms with Gasteiger partial charge in [0.15, 0.2) is 12.6 Å². The summed E-state index contributed by atoms with van der Waals surface area (Å²) in [6.45, 7) is 19.2. The van der Waals surface area contributed by atoms with Crippen molar-refractivity contribution < 1.29 is 58.7 Å². The summed E-state index contributed by atoms with van der Waals surface area (Å²) in [6, 6.07) is 32.5. The number of halogens is 1. The number of nitrogens with zero attached hydrogens (tertiary/aromatic N) is 2. The molecule has 3 heterocycles. The van der Waals surface area contributed by atoms with Gasteiger partial charge in [-0.05, 0) is 74.9 Å². The molecule has 0 unspecified atom stereocenters. The first kappa shape index (κ1) is 66.9. The van der Waals surface area contributed by atoms with Crippen LogP contribution < -0.4 is 15.9 Å². The van der Waals surface area contributed by atoms with Crippen LogP contribution >= 0.6 is 26.3 Å². The average Bonchev–Trinajstić information content (AvgIpc) is 3.63. The SMILES string of the molecule is CC[C@H]1OC(=O)[C@H](C)[C@@H](O[C@H]2C[C@@](C)(OC)[C@@H](O)[C@H](C)O2)[C@H](C)[C@@H](O[C@@H]2O[C@H](C)C[C@H](N(C)C)[C@H]2O)[C@](C)(O)C[C@@H](C)CN(CCCCCCCCCP(I)(c2ccccc2)(c2ccccc2)c2ccccc2)[C@H](C)[C@@H](O)[C@]1(C)O. The summed E-state index contributed by atoms with van der Waals surface area (Å²) in [6.07, 6.45) is -0.0749. The molecule has 3 saturated heterocycles. The zero-order valence-corrected chi connectivity index (χ0v) is 53.6. The topological polar surface area (TPSA) is 180 Å². The standard InChI is InChI=1S/C64H102IN2O12P/c1-14-53-64(10,73)57(69)47(6)67(37-29-18-16-15-17-19-30-38-80(65,49-31-23-20-24-32-49,50-33-25-21-26-34-50)51-35-27-22-28-36-51)42-43(2)40-62(8,72)59(79-61-55(68)52(66(11)12)39-44(3)75-61)45(4)56(46(5)60(71)77-53)78-54-41-63(9,74-13)58(70)48(7)76-54/h20-28,31-36,43-48,52-59,61,68-70,72-73H,14-19,29-30,37-42H2,1-13H3/t43-,44-,45+,46-,47-,48+,52+,53-,54+,55-,56+,57-,58+,59-,61+,62-,63-,64-/m1/s1.